The van der Waals surface area contributed by atoms with Gasteiger partial charge in [0, 0.05) is 36.3 Å². The average Bonchev–Trinajstić information content (AvgIpc) is 2.92. The van der Waals surface area contributed by atoms with Crippen molar-refractivity contribution in [3.8, 4) is 11.3 Å². The highest BCUT2D eigenvalue weighted by molar-refractivity contribution is 6.07. The van der Waals surface area contributed by atoms with Gasteiger partial charge in [-0.3, -0.25) is 9.88 Å². The Morgan fingerprint density at radius 1 is 1.02 bits per heavy atom. The zero-order valence-electron chi connectivity index (χ0n) is 22.9. The number of pyridine rings is 2. The van der Waals surface area contributed by atoms with E-state index in [4.69, 9.17) is 9.98 Å². The summed E-state index contributed by atoms with van der Waals surface area (Å²) in [4.78, 5) is 18.0. The molecule has 1 fully saturated rings. The molecule has 3 aliphatic rings. The van der Waals surface area contributed by atoms with Gasteiger partial charge in [0.2, 0.25) is 0 Å². The summed E-state index contributed by atoms with van der Waals surface area (Å²) in [5.74, 6) is -0.731. The lowest BCUT2D eigenvalue weighted by molar-refractivity contribution is -0.100. The Labute approximate surface area is 234 Å². The van der Waals surface area contributed by atoms with E-state index in [-0.39, 0.29) is 43.1 Å². The number of nitrogens with zero attached hydrogens (tertiary/aromatic N) is 5. The number of benzene rings is 1. The van der Waals surface area contributed by atoms with Crippen molar-refractivity contribution >= 4 is 17.3 Å². The lowest BCUT2D eigenvalue weighted by Gasteiger charge is -2.41. The van der Waals surface area contributed by atoms with E-state index >= 15 is 8.78 Å². The van der Waals surface area contributed by atoms with E-state index in [2.05, 4.69) is 11.6 Å². The maximum atomic E-state index is 15.8. The predicted molar refractivity (Wildman–Crippen MR) is 148 cm³/mol. The van der Waals surface area contributed by atoms with Gasteiger partial charge in [0.05, 0.1) is 16.9 Å². The van der Waals surface area contributed by atoms with E-state index in [9.17, 15) is 13.2 Å². The highest BCUT2D eigenvalue weighted by Crippen LogP contribution is 2.47. The van der Waals surface area contributed by atoms with Crippen molar-refractivity contribution < 1.29 is 22.0 Å². The van der Waals surface area contributed by atoms with Gasteiger partial charge in [0.25, 0.3) is 0 Å². The molecule has 1 unspecified atom stereocenters. The second kappa shape index (κ2) is 9.78. The number of aromatic nitrogens is 2. The molecule has 3 aliphatic heterocycles. The predicted octanol–water partition coefficient (Wildman–Crippen LogP) is 7.73. The molecular formula is C31H28F5N5. The number of piperidine rings is 1. The van der Waals surface area contributed by atoms with Crippen LogP contribution in [0.25, 0.3) is 11.3 Å². The Morgan fingerprint density at radius 2 is 1.76 bits per heavy atom. The molecule has 0 N–H and O–H groups in total. The molecule has 5 heterocycles. The lowest BCUT2D eigenvalue weighted by Crippen LogP contribution is -2.43. The summed E-state index contributed by atoms with van der Waals surface area (Å²) in [6.45, 7) is 9.51. The number of allylic oxidation sites excluding steroid dienone is 2. The van der Waals surface area contributed by atoms with Crippen LogP contribution < -0.4 is 4.90 Å². The van der Waals surface area contributed by atoms with E-state index in [1.54, 1.807) is 25.3 Å². The van der Waals surface area contributed by atoms with Crippen molar-refractivity contribution in [2.75, 3.05) is 18.0 Å². The van der Waals surface area contributed by atoms with E-state index in [0.29, 0.717) is 28.6 Å². The maximum Gasteiger partial charge on any atom is 0.412 e. The first kappa shape index (κ1) is 27.1. The molecule has 0 spiro atoms. The molecular weight excluding hydrogens is 537 g/mol. The molecule has 1 atom stereocenters. The summed E-state index contributed by atoms with van der Waals surface area (Å²) in [6.07, 6.45) is -0.303. The molecule has 212 valence electrons. The number of likely N-dealkylation sites (tertiary alicyclic amines) is 1. The van der Waals surface area contributed by atoms with E-state index in [0.717, 1.165) is 16.9 Å². The van der Waals surface area contributed by atoms with Gasteiger partial charge in [-0.1, -0.05) is 25.6 Å². The fourth-order valence-electron chi connectivity index (χ4n) is 5.99. The molecule has 0 aliphatic carbocycles. The third-order valence-corrected chi connectivity index (χ3v) is 8.18. The summed E-state index contributed by atoms with van der Waals surface area (Å²) in [7, 11) is 0. The zero-order chi connectivity index (χ0) is 29.2. The van der Waals surface area contributed by atoms with Gasteiger partial charge in [-0.25, -0.2) is 18.8 Å². The van der Waals surface area contributed by atoms with Crippen molar-refractivity contribution in [1.29, 1.82) is 0 Å². The molecule has 41 heavy (non-hydrogen) atoms. The van der Waals surface area contributed by atoms with Crippen molar-refractivity contribution in [1.82, 2.24) is 14.9 Å². The number of amidine groups is 1. The molecule has 0 radical (unpaired) electrons. The second-order valence-corrected chi connectivity index (χ2v) is 10.9. The Morgan fingerprint density at radius 3 is 2.44 bits per heavy atom. The second-order valence-electron chi connectivity index (χ2n) is 10.9. The molecule has 5 nitrogen and oxygen atoms in total. The van der Waals surface area contributed by atoms with Crippen LogP contribution in [0.4, 0.5) is 33.5 Å². The van der Waals surface area contributed by atoms with E-state index in [1.807, 2.05) is 35.8 Å². The number of halogens is 5. The minimum Gasteiger partial charge on any atom is -0.356 e. The molecule has 2 aromatic heterocycles. The quantitative estimate of drug-likeness (QED) is 0.236. The van der Waals surface area contributed by atoms with Crippen LogP contribution in [0.2, 0.25) is 0 Å². The van der Waals surface area contributed by atoms with Crippen molar-refractivity contribution in [3.05, 3.63) is 94.6 Å². The molecule has 1 aromatic carbocycles. The first-order valence-electron chi connectivity index (χ1n) is 13.5. The third-order valence-electron chi connectivity index (χ3n) is 8.18. The molecule has 10 heteroatoms. The topological polar surface area (TPSA) is 44.6 Å². The standard InChI is InChI=1S/C31H28F5N5/c1-16-6-5-7-22(32)25(16)27-23(33)15-21-29(40-12-9-20(10-13-40)19(4)31(34,35)36)38-24-14-18(3)26-28(17(2)8-11-37-26)41(24)30(21)39-27/h5-8,11,14-15,18,20H,4,9-10,12-13H2,1-3H3. The van der Waals surface area contributed by atoms with Gasteiger partial charge in [-0.2, -0.15) is 13.2 Å². The van der Waals surface area contributed by atoms with Crippen LogP contribution in [0.3, 0.4) is 0 Å². The van der Waals surface area contributed by atoms with Crippen LogP contribution in [0.1, 0.15) is 48.1 Å². The molecule has 0 saturated carbocycles. The van der Waals surface area contributed by atoms with Gasteiger partial charge in [-0.15, -0.1) is 0 Å². The average molecular weight is 566 g/mol. The maximum absolute atomic E-state index is 15.8. The number of hydrogen-bond donors (Lipinski definition) is 0. The summed E-state index contributed by atoms with van der Waals surface area (Å²) in [5, 5.41) is 0. The Kier molecular flexibility index (Phi) is 6.47. The fourth-order valence-corrected chi connectivity index (χ4v) is 5.99. The molecule has 1 saturated heterocycles. The number of rotatable bonds is 2. The highest BCUT2D eigenvalue weighted by Gasteiger charge is 2.41. The largest absolute Gasteiger partial charge is 0.412 e. The normalized spacial score (nSPS) is 18.8. The van der Waals surface area contributed by atoms with Crippen LogP contribution in [-0.4, -0.2) is 40.0 Å². The highest BCUT2D eigenvalue weighted by atomic mass is 19.4. The molecule has 0 amide bonds. The van der Waals surface area contributed by atoms with Gasteiger partial charge in [-0.05, 0) is 68.0 Å². The summed E-state index contributed by atoms with van der Waals surface area (Å²) < 4.78 is 70.8. The number of aryl methyl sites for hydroxylation is 2. The molecule has 3 aromatic rings. The number of alkyl halides is 3. The van der Waals surface area contributed by atoms with Crippen LogP contribution >= 0.6 is 0 Å². The van der Waals surface area contributed by atoms with Crippen molar-refractivity contribution in [3.63, 3.8) is 0 Å². The van der Waals surface area contributed by atoms with Gasteiger partial charge < -0.3 is 4.90 Å². The van der Waals surface area contributed by atoms with E-state index < -0.39 is 29.3 Å². The SMILES string of the molecule is C=C(C1CCN(C2=NC3=CC(C)c4nccc(C)c4N3c3nc(-c4c(C)cccc4F)c(F)cc32)CC1)C(F)(F)F. The Hall–Kier alpha value is -4.08. The number of aliphatic imine (C=N–C) groups is 1. The lowest BCUT2D eigenvalue weighted by atomic mass is 9.89. The summed E-state index contributed by atoms with van der Waals surface area (Å²) >= 11 is 0. The van der Waals surface area contributed by atoms with Crippen molar-refractivity contribution in [2.24, 2.45) is 10.9 Å². The first-order chi connectivity index (χ1) is 19.5. The van der Waals surface area contributed by atoms with Gasteiger partial charge >= 0.3 is 6.18 Å². The minimum absolute atomic E-state index is 0.0716. The van der Waals surface area contributed by atoms with Crippen LogP contribution in [0, 0.1) is 31.4 Å². The van der Waals surface area contributed by atoms with Crippen LogP contribution in [0.5, 0.6) is 0 Å². The summed E-state index contributed by atoms with van der Waals surface area (Å²) in [6, 6.07) is 7.71. The number of anilines is 2. The summed E-state index contributed by atoms with van der Waals surface area (Å²) in [5.41, 5.74) is 2.64. The van der Waals surface area contributed by atoms with Gasteiger partial charge in [0.1, 0.15) is 29.0 Å². The Bertz CT molecular complexity index is 1610. The smallest absolute Gasteiger partial charge is 0.356 e. The van der Waals surface area contributed by atoms with Crippen molar-refractivity contribution in [2.45, 2.75) is 45.7 Å². The van der Waals surface area contributed by atoms with Crippen LogP contribution in [-0.2, 0) is 0 Å². The van der Waals surface area contributed by atoms with Gasteiger partial charge in [0.15, 0.2) is 5.82 Å². The van der Waals surface area contributed by atoms with E-state index in [1.165, 1.54) is 12.1 Å². The zero-order valence-corrected chi connectivity index (χ0v) is 22.9. The van der Waals surface area contributed by atoms with Crippen LogP contribution in [0.15, 0.2) is 65.6 Å². The minimum atomic E-state index is -4.45. The first-order valence-corrected chi connectivity index (χ1v) is 13.5. The number of hydrogen-bond acceptors (Lipinski definition) is 5. The fraction of sp³-hybridized carbons (Fsp3) is 0.323. The molecule has 0 bridgehead atoms. The number of fused-ring (bicyclic) bond motifs is 5. The molecule has 6 rings (SSSR count). The third kappa shape index (κ3) is 4.49. The Balaban J connectivity index is 1.50. The monoisotopic (exact) mass is 565 g/mol.